The third-order valence-electron chi connectivity index (χ3n) is 5.69. The van der Waals surface area contributed by atoms with Gasteiger partial charge in [-0.15, -0.1) is 0 Å². The van der Waals surface area contributed by atoms with Crippen molar-refractivity contribution in [1.82, 2.24) is 0 Å². The monoisotopic (exact) mass is 528 g/mol. The third kappa shape index (κ3) is 13.4. The molecule has 8 heteroatoms. The molecule has 0 radical (unpaired) electrons. The van der Waals surface area contributed by atoms with Gasteiger partial charge in [-0.05, 0) is 0 Å². The van der Waals surface area contributed by atoms with Crippen LogP contribution in [0.3, 0.4) is 0 Å². The molecule has 1 fully saturated rings. The summed E-state index contributed by atoms with van der Waals surface area (Å²) in [7, 11) is 0. The zero-order valence-electron chi connectivity index (χ0n) is 20.4. The van der Waals surface area contributed by atoms with Crippen LogP contribution in [0.2, 0.25) is 0 Å². The van der Waals surface area contributed by atoms with Crippen LogP contribution in [0.15, 0.2) is 59.2 Å². The second-order valence-electron chi connectivity index (χ2n) is 7.94. The molecule has 0 saturated heterocycles. The molecule has 0 bridgehead atoms. The van der Waals surface area contributed by atoms with E-state index < -0.39 is 0 Å². The van der Waals surface area contributed by atoms with Gasteiger partial charge in [-0.3, -0.25) is 0 Å². The summed E-state index contributed by atoms with van der Waals surface area (Å²) in [5.41, 5.74) is 1.47. The predicted molar refractivity (Wildman–Crippen MR) is 123 cm³/mol. The van der Waals surface area contributed by atoms with Crippen LogP contribution in [0.25, 0.3) is 6.08 Å². The van der Waals surface area contributed by atoms with Gasteiger partial charge >= 0.3 is 222 Å². The molecule has 3 rings (SSSR count). The number of furan rings is 1. The van der Waals surface area contributed by atoms with Crippen molar-refractivity contribution in [3.63, 3.8) is 0 Å². The molecule has 3 atom stereocenters. The van der Waals surface area contributed by atoms with E-state index in [1.165, 1.54) is 18.4 Å². The van der Waals surface area contributed by atoms with E-state index in [-0.39, 0.29) is 11.5 Å². The van der Waals surface area contributed by atoms with E-state index in [9.17, 15) is 0 Å². The van der Waals surface area contributed by atoms with Crippen molar-refractivity contribution in [1.29, 1.82) is 0 Å². The van der Waals surface area contributed by atoms with Crippen LogP contribution in [0.1, 0.15) is 51.4 Å². The Morgan fingerprint density at radius 3 is 1.97 bits per heavy atom. The van der Waals surface area contributed by atoms with Gasteiger partial charge in [0.15, 0.2) is 0 Å². The van der Waals surface area contributed by atoms with E-state index in [2.05, 4.69) is 100 Å². The molecule has 1 saturated carbocycles. The van der Waals surface area contributed by atoms with E-state index in [0.717, 1.165) is 16.7 Å². The molecular formula is C28H28CrO7. The normalized spacial score (nSPS) is 17.6. The number of ether oxygens (including phenoxy) is 1. The van der Waals surface area contributed by atoms with Crippen LogP contribution in [-0.4, -0.2) is 10.7 Å². The van der Waals surface area contributed by atoms with E-state index in [1.807, 2.05) is 24.3 Å². The van der Waals surface area contributed by atoms with Gasteiger partial charge in [-0.2, -0.15) is 0 Å². The fourth-order valence-corrected chi connectivity index (χ4v) is 4.39. The zero-order valence-corrected chi connectivity index (χ0v) is 21.7. The SMILES string of the molecule is C[C@@H]1CC[C@@H](C(C)(C)c2ccccc2)[C@H](O[C](=[Cr])/C=C/c2ccco2)C1.[C-]#[O+].[C-]#[O+].[C-]#[O+].[C-]#[O+].[C-]#[O+]. The summed E-state index contributed by atoms with van der Waals surface area (Å²) in [6.45, 7) is 29.5. The molecule has 0 amide bonds. The van der Waals surface area contributed by atoms with Crippen molar-refractivity contribution in [3.8, 4) is 0 Å². The second-order valence-corrected chi connectivity index (χ2v) is 8.56. The fraction of sp³-hybridized carbons (Fsp3) is 0.357. The molecule has 1 aromatic carbocycles. The third-order valence-corrected chi connectivity index (χ3v) is 6.06. The molecule has 0 N–H and O–H groups in total. The molecule has 0 unspecified atom stereocenters. The maximum atomic E-state index is 7.50. The molecular weight excluding hydrogens is 500 g/mol. The van der Waals surface area contributed by atoms with E-state index >= 15 is 0 Å². The number of rotatable bonds is 6. The molecule has 0 aliphatic heterocycles. The van der Waals surface area contributed by atoms with Crippen LogP contribution in [0, 0.1) is 45.1 Å². The first-order valence-electron chi connectivity index (χ1n) is 10.5. The molecule has 1 aliphatic rings. The zero-order chi connectivity index (χ0) is 28.6. The van der Waals surface area contributed by atoms with Gasteiger partial charge in [0.25, 0.3) is 0 Å². The standard InChI is InChI=1S/C23H28O2.5CO.Cr/c1-18-13-14-21(23(2,3)19-9-5-4-6-10-19)22(17-18)25-16-8-12-20-11-7-15-24-20;5*1-2;/h4-12,15,18,21-22H,13-14,17H2,1-3H3;;;;;;/b12-8+;;;;;;/t18-,21-,22-;;;;;;/m1....../s1. The first-order chi connectivity index (χ1) is 17.5. The van der Waals surface area contributed by atoms with Gasteiger partial charge < -0.3 is 0 Å². The van der Waals surface area contributed by atoms with Gasteiger partial charge in [0, 0.05) is 0 Å². The van der Waals surface area contributed by atoms with Gasteiger partial charge in [0.05, 0.1) is 0 Å². The average Bonchev–Trinajstić information content (AvgIpc) is 3.47. The van der Waals surface area contributed by atoms with Gasteiger partial charge in [0.2, 0.25) is 0 Å². The molecule has 1 heterocycles. The fourth-order valence-electron chi connectivity index (χ4n) is 4.09. The average molecular weight is 529 g/mol. The van der Waals surface area contributed by atoms with E-state index in [0.29, 0.717) is 11.8 Å². The molecule has 188 valence electrons. The Labute approximate surface area is 221 Å². The van der Waals surface area contributed by atoms with Crippen molar-refractivity contribution < 1.29 is 48.3 Å². The molecule has 2 aromatic rings. The Morgan fingerprint density at radius 1 is 0.917 bits per heavy atom. The Bertz CT molecular complexity index is 916. The van der Waals surface area contributed by atoms with Crippen LogP contribution < -0.4 is 0 Å². The Morgan fingerprint density at radius 2 is 1.47 bits per heavy atom. The minimum absolute atomic E-state index is 0.0804. The van der Waals surface area contributed by atoms with Crippen LogP contribution in [0.5, 0.6) is 0 Å². The van der Waals surface area contributed by atoms with E-state index in [4.69, 9.17) is 32.4 Å². The van der Waals surface area contributed by atoms with Crippen molar-refractivity contribution in [2.24, 2.45) is 11.8 Å². The van der Waals surface area contributed by atoms with Crippen molar-refractivity contribution in [2.75, 3.05) is 0 Å². The predicted octanol–water partition coefficient (Wildman–Crippen LogP) is 5.58. The molecule has 7 nitrogen and oxygen atoms in total. The topological polar surface area (TPSA) is 122 Å². The van der Waals surface area contributed by atoms with E-state index in [1.54, 1.807) is 6.26 Å². The first kappa shape index (κ1) is 37.8. The maximum absolute atomic E-state index is 7.50. The van der Waals surface area contributed by atoms with Crippen LogP contribution in [-0.2, 0) is 49.3 Å². The van der Waals surface area contributed by atoms with Crippen molar-refractivity contribution in [3.05, 3.63) is 99.4 Å². The molecule has 0 spiro atoms. The summed E-state index contributed by atoms with van der Waals surface area (Å²) in [6, 6.07) is 14.7. The minimum atomic E-state index is 0.0804. The summed E-state index contributed by atoms with van der Waals surface area (Å²) in [5.74, 6) is 2.02. The summed E-state index contributed by atoms with van der Waals surface area (Å²) in [5, 5.41) is 0. The molecule has 1 aliphatic carbocycles. The summed E-state index contributed by atoms with van der Waals surface area (Å²) in [6.07, 6.45) is 9.36. The number of hydrogen-bond acceptors (Lipinski definition) is 2. The molecule has 36 heavy (non-hydrogen) atoms. The van der Waals surface area contributed by atoms with Gasteiger partial charge in [0.1, 0.15) is 0 Å². The van der Waals surface area contributed by atoms with Crippen molar-refractivity contribution >= 4 is 10.6 Å². The Hall–Kier alpha value is -2.70. The van der Waals surface area contributed by atoms with Crippen LogP contribution >= 0.6 is 0 Å². The summed E-state index contributed by atoms with van der Waals surface area (Å²) in [4.78, 5) is 0. The second kappa shape index (κ2) is 24.0. The van der Waals surface area contributed by atoms with Crippen LogP contribution in [0.4, 0.5) is 0 Å². The summed E-state index contributed by atoms with van der Waals surface area (Å²) < 4.78 is 50.1. The van der Waals surface area contributed by atoms with Crippen molar-refractivity contribution in [2.45, 2.75) is 51.6 Å². The first-order valence-corrected chi connectivity index (χ1v) is 11.1. The number of hydrogen-bond donors (Lipinski definition) is 0. The quantitative estimate of drug-likeness (QED) is 0.359. The van der Waals surface area contributed by atoms with Gasteiger partial charge in [-0.25, -0.2) is 0 Å². The Balaban J connectivity index is -0.000000973. The number of benzene rings is 1. The molecule has 1 aromatic heterocycles. The van der Waals surface area contributed by atoms with Gasteiger partial charge in [-0.1, -0.05) is 0 Å². The summed E-state index contributed by atoms with van der Waals surface area (Å²) >= 11 is 3.08. The Kier molecular flexibility index (Phi) is 25.2.